The topological polar surface area (TPSA) is 46.6 Å². The van der Waals surface area contributed by atoms with Gasteiger partial charge in [-0.25, -0.2) is 0 Å². The van der Waals surface area contributed by atoms with Crippen LogP contribution in [0.3, 0.4) is 0 Å². The number of esters is 1. The summed E-state index contributed by atoms with van der Waals surface area (Å²) in [5.41, 5.74) is 0.274. The van der Waals surface area contributed by atoms with Crippen LogP contribution in [0.15, 0.2) is 24.3 Å². The van der Waals surface area contributed by atoms with Crippen LogP contribution in [0.4, 0.5) is 0 Å². The molecule has 3 rings (SSSR count). The van der Waals surface area contributed by atoms with E-state index in [1.807, 2.05) is 4.90 Å². The lowest BCUT2D eigenvalue weighted by molar-refractivity contribution is -0.154. The Labute approximate surface area is 170 Å². The zero-order valence-electron chi connectivity index (χ0n) is 18.1. The predicted octanol–water partition coefficient (Wildman–Crippen LogP) is 4.89. The van der Waals surface area contributed by atoms with E-state index in [0.29, 0.717) is 24.0 Å². The molecule has 4 nitrogen and oxygen atoms in total. The summed E-state index contributed by atoms with van der Waals surface area (Å²) in [6.07, 6.45) is 11.2. The van der Waals surface area contributed by atoms with Gasteiger partial charge in [-0.15, -0.1) is 0 Å². The van der Waals surface area contributed by atoms with E-state index in [1.165, 1.54) is 12.8 Å². The first kappa shape index (κ1) is 21.1. The van der Waals surface area contributed by atoms with Crippen LogP contribution in [0.2, 0.25) is 0 Å². The van der Waals surface area contributed by atoms with Crippen molar-refractivity contribution in [3.8, 4) is 0 Å². The molecule has 2 bridgehead atoms. The molecule has 0 radical (unpaired) electrons. The maximum Gasteiger partial charge on any atom is 0.307 e. The standard InChI is InChI=1S/C24H37NO3/c1-6-12-24(5,7-2)25(23(27)16(3)4)13-11-22(26)28-21-15-17-14-20(21)19-10-8-9-18(17)19/h8,10,17-21H,3,6-7,9,11-15H2,1-2,4-5H3. The summed E-state index contributed by atoms with van der Waals surface area (Å²) in [7, 11) is 0. The van der Waals surface area contributed by atoms with E-state index >= 15 is 0 Å². The number of hydrogen-bond donors (Lipinski definition) is 0. The van der Waals surface area contributed by atoms with E-state index in [4.69, 9.17) is 4.74 Å². The van der Waals surface area contributed by atoms with E-state index in [9.17, 15) is 9.59 Å². The first-order chi connectivity index (χ1) is 13.3. The number of hydrogen-bond acceptors (Lipinski definition) is 3. The van der Waals surface area contributed by atoms with Crippen molar-refractivity contribution in [3.05, 3.63) is 24.3 Å². The van der Waals surface area contributed by atoms with Crippen LogP contribution in [-0.4, -0.2) is 35.0 Å². The minimum absolute atomic E-state index is 0.0514. The van der Waals surface area contributed by atoms with Gasteiger partial charge in [0.15, 0.2) is 0 Å². The average molecular weight is 388 g/mol. The molecule has 0 N–H and O–H groups in total. The van der Waals surface area contributed by atoms with Crippen LogP contribution in [0.5, 0.6) is 0 Å². The molecule has 4 heteroatoms. The van der Waals surface area contributed by atoms with Crippen molar-refractivity contribution < 1.29 is 14.3 Å². The van der Waals surface area contributed by atoms with Crippen molar-refractivity contribution >= 4 is 11.9 Å². The van der Waals surface area contributed by atoms with Crippen molar-refractivity contribution in [1.29, 1.82) is 0 Å². The molecule has 0 aromatic rings. The van der Waals surface area contributed by atoms with Crippen molar-refractivity contribution in [3.63, 3.8) is 0 Å². The fourth-order valence-electron chi connectivity index (χ4n) is 5.94. The summed E-state index contributed by atoms with van der Waals surface area (Å²) in [4.78, 5) is 27.3. The molecule has 3 aliphatic carbocycles. The molecule has 3 aliphatic rings. The monoisotopic (exact) mass is 387 g/mol. The number of fused-ring (bicyclic) bond motifs is 5. The second-order valence-electron chi connectivity index (χ2n) is 9.42. The first-order valence-electron chi connectivity index (χ1n) is 11.1. The smallest absolute Gasteiger partial charge is 0.307 e. The Kier molecular flexibility index (Phi) is 6.36. The van der Waals surface area contributed by atoms with Crippen LogP contribution >= 0.6 is 0 Å². The van der Waals surface area contributed by atoms with Gasteiger partial charge >= 0.3 is 5.97 Å². The highest BCUT2D eigenvalue weighted by Gasteiger charge is 2.53. The maximum atomic E-state index is 12.8. The molecule has 0 aliphatic heterocycles. The van der Waals surface area contributed by atoms with Crippen LogP contribution < -0.4 is 0 Å². The van der Waals surface area contributed by atoms with E-state index in [-0.39, 0.29) is 29.9 Å². The fourth-order valence-corrected chi connectivity index (χ4v) is 5.94. The highest BCUT2D eigenvalue weighted by atomic mass is 16.5. The molecular weight excluding hydrogens is 350 g/mol. The van der Waals surface area contributed by atoms with Gasteiger partial charge in [0.2, 0.25) is 5.91 Å². The Balaban J connectivity index is 1.58. The highest BCUT2D eigenvalue weighted by Crippen LogP contribution is 2.57. The first-order valence-corrected chi connectivity index (χ1v) is 11.1. The number of amides is 1. The van der Waals surface area contributed by atoms with Crippen LogP contribution in [0.25, 0.3) is 0 Å². The molecule has 28 heavy (non-hydrogen) atoms. The predicted molar refractivity (Wildman–Crippen MR) is 112 cm³/mol. The summed E-state index contributed by atoms with van der Waals surface area (Å²) in [6.45, 7) is 12.3. The van der Waals surface area contributed by atoms with Gasteiger partial charge in [-0.05, 0) is 63.7 Å². The number of nitrogens with zero attached hydrogens (tertiary/aromatic N) is 1. The van der Waals surface area contributed by atoms with Crippen molar-refractivity contribution in [2.45, 2.75) is 84.3 Å². The van der Waals surface area contributed by atoms with Crippen molar-refractivity contribution in [2.24, 2.45) is 23.7 Å². The lowest BCUT2D eigenvalue weighted by Gasteiger charge is -2.41. The van der Waals surface area contributed by atoms with Crippen molar-refractivity contribution in [1.82, 2.24) is 4.90 Å². The molecule has 0 heterocycles. The molecule has 156 valence electrons. The minimum Gasteiger partial charge on any atom is -0.462 e. The van der Waals surface area contributed by atoms with Gasteiger partial charge in [-0.1, -0.05) is 39.0 Å². The van der Waals surface area contributed by atoms with Gasteiger partial charge in [-0.3, -0.25) is 9.59 Å². The van der Waals surface area contributed by atoms with Gasteiger partial charge in [0.1, 0.15) is 6.10 Å². The van der Waals surface area contributed by atoms with E-state index in [2.05, 4.69) is 39.5 Å². The number of carbonyl (C=O) groups is 2. The Morgan fingerprint density at radius 2 is 2.00 bits per heavy atom. The second kappa shape index (κ2) is 8.42. The Bertz CT molecular complexity index is 654. The summed E-state index contributed by atoms with van der Waals surface area (Å²) in [6, 6.07) is 0. The van der Waals surface area contributed by atoms with Crippen LogP contribution in [-0.2, 0) is 14.3 Å². The largest absolute Gasteiger partial charge is 0.462 e. The molecule has 6 atom stereocenters. The van der Waals surface area contributed by atoms with Gasteiger partial charge in [0.25, 0.3) is 0 Å². The molecule has 0 aromatic heterocycles. The average Bonchev–Trinajstić information content (AvgIpc) is 3.34. The van der Waals surface area contributed by atoms with Gasteiger partial charge in [-0.2, -0.15) is 0 Å². The van der Waals surface area contributed by atoms with Crippen molar-refractivity contribution in [2.75, 3.05) is 6.54 Å². The fraction of sp³-hybridized carbons (Fsp3) is 0.750. The number of ether oxygens (including phenoxy) is 1. The van der Waals surface area contributed by atoms with Gasteiger partial charge in [0.05, 0.1) is 6.42 Å². The number of carbonyl (C=O) groups excluding carboxylic acids is 2. The summed E-state index contributed by atoms with van der Waals surface area (Å²) in [5.74, 6) is 2.42. The third-order valence-electron chi connectivity index (χ3n) is 7.58. The zero-order chi connectivity index (χ0) is 20.5. The molecule has 1 amide bonds. The SMILES string of the molecule is C=C(C)C(=O)N(CCC(=O)OC1CC2CC1C1C=CCC21)C(C)(CC)CCC. The van der Waals surface area contributed by atoms with E-state index in [0.717, 1.165) is 37.5 Å². The number of allylic oxidation sites excluding steroid dienone is 2. The lowest BCUT2D eigenvalue weighted by Crippen LogP contribution is -2.50. The Morgan fingerprint density at radius 1 is 1.25 bits per heavy atom. The molecule has 2 saturated carbocycles. The third kappa shape index (κ3) is 3.92. The normalized spacial score (nSPS) is 32.1. The molecule has 6 unspecified atom stereocenters. The molecule has 2 fully saturated rings. The molecule has 0 aromatic carbocycles. The highest BCUT2D eigenvalue weighted by molar-refractivity contribution is 5.93. The Morgan fingerprint density at radius 3 is 2.64 bits per heavy atom. The maximum absolute atomic E-state index is 12.8. The van der Waals surface area contributed by atoms with E-state index < -0.39 is 0 Å². The lowest BCUT2D eigenvalue weighted by atomic mass is 9.80. The molecular formula is C24H37NO3. The molecule has 0 spiro atoms. The second-order valence-corrected chi connectivity index (χ2v) is 9.42. The van der Waals surface area contributed by atoms with Gasteiger partial charge < -0.3 is 9.64 Å². The Hall–Kier alpha value is -1.58. The summed E-state index contributed by atoms with van der Waals surface area (Å²) < 4.78 is 5.92. The zero-order valence-corrected chi connectivity index (χ0v) is 18.1. The minimum atomic E-state index is -0.251. The number of rotatable bonds is 9. The summed E-state index contributed by atoms with van der Waals surface area (Å²) >= 11 is 0. The van der Waals surface area contributed by atoms with Gasteiger partial charge in [0, 0.05) is 23.6 Å². The summed E-state index contributed by atoms with van der Waals surface area (Å²) in [5, 5.41) is 0. The van der Waals surface area contributed by atoms with Crippen LogP contribution in [0.1, 0.15) is 72.6 Å². The quantitative estimate of drug-likeness (QED) is 0.321. The third-order valence-corrected chi connectivity index (χ3v) is 7.58. The van der Waals surface area contributed by atoms with Crippen LogP contribution in [0, 0.1) is 23.7 Å². The molecule has 0 saturated heterocycles. The van der Waals surface area contributed by atoms with E-state index in [1.54, 1.807) is 6.92 Å².